The maximum Gasteiger partial charge on any atom is 0.317 e. The van der Waals surface area contributed by atoms with Gasteiger partial charge in [0.25, 0.3) is 0 Å². The van der Waals surface area contributed by atoms with E-state index in [0.29, 0.717) is 18.9 Å². The number of piperidine rings is 1. The molecule has 118 valence electrons. The van der Waals surface area contributed by atoms with Gasteiger partial charge in [-0.1, -0.05) is 6.92 Å². The quantitative estimate of drug-likeness (QED) is 0.873. The molecule has 1 fully saturated rings. The molecule has 2 heterocycles. The molecule has 0 aliphatic carbocycles. The van der Waals surface area contributed by atoms with Crippen molar-refractivity contribution in [3.05, 3.63) is 17.0 Å². The summed E-state index contributed by atoms with van der Waals surface area (Å²) in [5.74, 6) is 0.691. The summed E-state index contributed by atoms with van der Waals surface area (Å²) >= 11 is 1.15. The largest absolute Gasteiger partial charge is 0.338 e. The van der Waals surface area contributed by atoms with Crippen molar-refractivity contribution in [1.29, 1.82) is 0 Å². The molecular formula is C13H21N3O3S2. The summed E-state index contributed by atoms with van der Waals surface area (Å²) in [6.45, 7) is 4.31. The Hall–Kier alpha value is -1.12. The topological polar surface area (TPSA) is 92.5 Å². The van der Waals surface area contributed by atoms with Crippen molar-refractivity contribution in [1.82, 2.24) is 10.2 Å². The zero-order chi connectivity index (χ0) is 15.5. The number of carbonyl (C=O) groups excluding carboxylic acids is 1. The molecule has 0 bridgehead atoms. The van der Waals surface area contributed by atoms with Gasteiger partial charge in [0, 0.05) is 24.5 Å². The van der Waals surface area contributed by atoms with E-state index < -0.39 is 10.0 Å². The second-order valence-corrected chi connectivity index (χ2v) is 8.37. The Kier molecular flexibility index (Phi) is 5.23. The number of nitrogens with two attached hydrogens (primary N) is 1. The number of sulfonamides is 1. The average Bonchev–Trinajstić information content (AvgIpc) is 2.88. The van der Waals surface area contributed by atoms with Crippen LogP contribution in [0.5, 0.6) is 0 Å². The smallest absolute Gasteiger partial charge is 0.317 e. The molecule has 1 aliphatic heterocycles. The summed E-state index contributed by atoms with van der Waals surface area (Å²) < 4.78 is 22.5. The highest BCUT2D eigenvalue weighted by molar-refractivity contribution is 7.91. The van der Waals surface area contributed by atoms with Gasteiger partial charge in [-0.05, 0) is 37.3 Å². The van der Waals surface area contributed by atoms with Gasteiger partial charge in [-0.25, -0.2) is 18.4 Å². The number of thiophene rings is 1. The predicted octanol–water partition coefficient (Wildman–Crippen LogP) is 1.38. The Balaban J connectivity index is 1.76. The molecule has 3 N–H and O–H groups in total. The maximum absolute atomic E-state index is 12.0. The second-order valence-electron chi connectivity index (χ2n) is 5.42. The van der Waals surface area contributed by atoms with Crippen LogP contribution in [0.3, 0.4) is 0 Å². The lowest BCUT2D eigenvalue weighted by Crippen LogP contribution is -2.44. The van der Waals surface area contributed by atoms with Crippen LogP contribution >= 0.6 is 11.3 Å². The first-order valence-electron chi connectivity index (χ1n) is 7.00. The summed E-state index contributed by atoms with van der Waals surface area (Å²) in [5, 5.41) is 7.94. The number of rotatable bonds is 4. The Bertz CT molecular complexity index is 590. The SMILES string of the molecule is CC1CCN(C(=O)NCCc2ccc(S(N)(=O)=O)s2)CC1. The van der Waals surface area contributed by atoms with Crippen LogP contribution in [0.25, 0.3) is 0 Å². The van der Waals surface area contributed by atoms with Crippen LogP contribution in [-0.4, -0.2) is 39.0 Å². The van der Waals surface area contributed by atoms with E-state index in [1.54, 1.807) is 6.07 Å². The lowest BCUT2D eigenvalue weighted by atomic mass is 10.00. The molecule has 0 atom stereocenters. The van der Waals surface area contributed by atoms with Crippen molar-refractivity contribution >= 4 is 27.4 Å². The molecular weight excluding hydrogens is 310 g/mol. The maximum atomic E-state index is 12.0. The highest BCUT2D eigenvalue weighted by Gasteiger charge is 2.19. The van der Waals surface area contributed by atoms with Crippen molar-refractivity contribution in [2.24, 2.45) is 11.1 Å². The molecule has 0 unspecified atom stereocenters. The highest BCUT2D eigenvalue weighted by Crippen LogP contribution is 2.20. The Morgan fingerprint density at radius 2 is 2.10 bits per heavy atom. The molecule has 2 amide bonds. The first-order chi connectivity index (χ1) is 9.86. The summed E-state index contributed by atoms with van der Waals surface area (Å²) in [7, 11) is -3.62. The number of nitrogens with one attached hydrogen (secondary N) is 1. The van der Waals surface area contributed by atoms with Crippen LogP contribution in [0.4, 0.5) is 4.79 Å². The highest BCUT2D eigenvalue weighted by atomic mass is 32.2. The first kappa shape index (κ1) is 16.3. The number of urea groups is 1. The number of nitrogens with zero attached hydrogens (tertiary/aromatic N) is 1. The molecule has 1 aromatic heterocycles. The van der Waals surface area contributed by atoms with Gasteiger partial charge >= 0.3 is 6.03 Å². The predicted molar refractivity (Wildman–Crippen MR) is 82.8 cm³/mol. The molecule has 0 aromatic carbocycles. The molecule has 0 saturated carbocycles. The monoisotopic (exact) mass is 331 g/mol. The van der Waals surface area contributed by atoms with E-state index in [-0.39, 0.29) is 10.2 Å². The average molecular weight is 331 g/mol. The number of carbonyl (C=O) groups is 1. The third kappa shape index (κ3) is 4.69. The number of likely N-dealkylation sites (tertiary alicyclic amines) is 1. The minimum absolute atomic E-state index is 0.0369. The van der Waals surface area contributed by atoms with E-state index in [0.717, 1.165) is 42.1 Å². The van der Waals surface area contributed by atoms with Gasteiger partial charge in [-0.3, -0.25) is 0 Å². The summed E-state index contributed by atoms with van der Waals surface area (Å²) in [5.41, 5.74) is 0. The van der Waals surface area contributed by atoms with Crippen LogP contribution in [-0.2, 0) is 16.4 Å². The van der Waals surface area contributed by atoms with E-state index in [1.165, 1.54) is 6.07 Å². The van der Waals surface area contributed by atoms with Gasteiger partial charge in [0.1, 0.15) is 4.21 Å². The fraction of sp³-hybridized carbons (Fsp3) is 0.615. The zero-order valence-electron chi connectivity index (χ0n) is 12.0. The van der Waals surface area contributed by atoms with Crippen LogP contribution in [0.15, 0.2) is 16.3 Å². The second kappa shape index (κ2) is 6.76. The number of primary sulfonamides is 1. The minimum atomic E-state index is -3.62. The molecule has 21 heavy (non-hydrogen) atoms. The number of amides is 2. The van der Waals surface area contributed by atoms with Gasteiger partial charge < -0.3 is 10.2 Å². The van der Waals surface area contributed by atoms with E-state index in [1.807, 2.05) is 4.90 Å². The molecule has 0 radical (unpaired) electrons. The Morgan fingerprint density at radius 3 is 2.67 bits per heavy atom. The van der Waals surface area contributed by atoms with Crippen molar-refractivity contribution in [3.63, 3.8) is 0 Å². The third-order valence-corrected chi connectivity index (χ3v) is 6.22. The lowest BCUT2D eigenvalue weighted by molar-refractivity contribution is 0.174. The van der Waals surface area contributed by atoms with Crippen molar-refractivity contribution < 1.29 is 13.2 Å². The van der Waals surface area contributed by atoms with Gasteiger partial charge in [0.05, 0.1) is 0 Å². The van der Waals surface area contributed by atoms with E-state index >= 15 is 0 Å². The molecule has 0 spiro atoms. The Morgan fingerprint density at radius 1 is 1.43 bits per heavy atom. The van der Waals surface area contributed by atoms with E-state index in [9.17, 15) is 13.2 Å². The van der Waals surface area contributed by atoms with Gasteiger partial charge in [0.15, 0.2) is 0 Å². The minimum Gasteiger partial charge on any atom is -0.338 e. The lowest BCUT2D eigenvalue weighted by Gasteiger charge is -2.30. The molecule has 8 heteroatoms. The van der Waals surface area contributed by atoms with Gasteiger partial charge in [0.2, 0.25) is 10.0 Å². The molecule has 1 aromatic rings. The summed E-state index contributed by atoms with van der Waals surface area (Å²) in [4.78, 5) is 14.7. The third-order valence-electron chi connectivity index (χ3n) is 3.64. The molecule has 6 nitrogen and oxygen atoms in total. The van der Waals surface area contributed by atoms with E-state index in [2.05, 4.69) is 12.2 Å². The first-order valence-corrected chi connectivity index (χ1v) is 9.37. The zero-order valence-corrected chi connectivity index (χ0v) is 13.7. The van der Waals surface area contributed by atoms with Gasteiger partial charge in [-0.2, -0.15) is 0 Å². The van der Waals surface area contributed by atoms with E-state index in [4.69, 9.17) is 5.14 Å². The van der Waals surface area contributed by atoms with Crippen LogP contribution in [0.1, 0.15) is 24.6 Å². The van der Waals surface area contributed by atoms with Gasteiger partial charge in [-0.15, -0.1) is 11.3 Å². The Labute approximate surface area is 129 Å². The van der Waals surface area contributed by atoms with Crippen LogP contribution < -0.4 is 10.5 Å². The number of hydrogen-bond acceptors (Lipinski definition) is 4. The normalized spacial score (nSPS) is 17.0. The molecule has 1 aliphatic rings. The van der Waals surface area contributed by atoms with Crippen molar-refractivity contribution in [2.75, 3.05) is 19.6 Å². The van der Waals surface area contributed by atoms with Crippen LogP contribution in [0.2, 0.25) is 0 Å². The summed E-state index contributed by atoms with van der Waals surface area (Å²) in [6.07, 6.45) is 2.71. The standard InChI is InChI=1S/C13H21N3O3S2/c1-10-5-8-16(9-6-10)13(17)15-7-4-11-2-3-12(20-11)21(14,18)19/h2-3,10H,4-9H2,1H3,(H,15,17)(H2,14,18,19). The molecule has 1 saturated heterocycles. The molecule has 2 rings (SSSR count). The fourth-order valence-corrected chi connectivity index (χ4v) is 4.04. The fourth-order valence-electron chi connectivity index (χ4n) is 2.26. The van der Waals surface area contributed by atoms with Crippen LogP contribution in [0, 0.1) is 5.92 Å². The van der Waals surface area contributed by atoms with Crippen molar-refractivity contribution in [2.45, 2.75) is 30.4 Å². The van der Waals surface area contributed by atoms with Crippen molar-refractivity contribution in [3.8, 4) is 0 Å². The number of hydrogen-bond donors (Lipinski definition) is 2. The summed E-state index contributed by atoms with van der Waals surface area (Å²) in [6, 6.07) is 3.20.